The van der Waals surface area contributed by atoms with Crippen molar-refractivity contribution in [2.45, 2.75) is 12.5 Å². The largest absolute Gasteiger partial charge is 0.272 e. The van der Waals surface area contributed by atoms with Gasteiger partial charge in [-0.3, -0.25) is 4.79 Å². The maximum absolute atomic E-state index is 14.3. The molecule has 7 heteroatoms. The van der Waals surface area contributed by atoms with Gasteiger partial charge in [0.05, 0.1) is 17.5 Å². The minimum absolute atomic E-state index is 0.0557. The van der Waals surface area contributed by atoms with E-state index in [1.807, 2.05) is 30.3 Å². The fourth-order valence-electron chi connectivity index (χ4n) is 2.96. The SMILES string of the molecule is O=C1CSC(N2N=C(c3ccccc3)CC2c2c(F)cccc2F)=N1. The summed E-state index contributed by atoms with van der Waals surface area (Å²) in [7, 11) is 0. The summed E-state index contributed by atoms with van der Waals surface area (Å²) in [5, 5.41) is 6.38. The van der Waals surface area contributed by atoms with E-state index in [9.17, 15) is 13.6 Å². The van der Waals surface area contributed by atoms with E-state index in [1.165, 1.54) is 35.0 Å². The summed E-state index contributed by atoms with van der Waals surface area (Å²) in [6, 6.07) is 12.6. The Hall–Kier alpha value is -2.54. The Labute approximate surface area is 147 Å². The van der Waals surface area contributed by atoms with Crippen LogP contribution in [0.4, 0.5) is 8.78 Å². The van der Waals surface area contributed by atoms with E-state index in [4.69, 9.17) is 0 Å². The Bertz CT molecular complexity index is 878. The maximum Gasteiger partial charge on any atom is 0.258 e. The molecule has 25 heavy (non-hydrogen) atoms. The van der Waals surface area contributed by atoms with Gasteiger partial charge in [-0.15, -0.1) is 0 Å². The minimum atomic E-state index is -0.673. The lowest BCUT2D eigenvalue weighted by Gasteiger charge is -2.23. The molecule has 0 fully saturated rings. The van der Waals surface area contributed by atoms with Gasteiger partial charge in [0, 0.05) is 12.0 Å². The molecule has 2 aliphatic rings. The lowest BCUT2D eigenvalue weighted by molar-refractivity contribution is -0.115. The van der Waals surface area contributed by atoms with Crippen molar-refractivity contribution < 1.29 is 13.6 Å². The standard InChI is InChI=1S/C18H13F2N3OS/c19-12-7-4-8-13(20)17(12)15-9-14(11-5-2-1-3-6-11)22-23(15)18-21-16(24)10-25-18/h1-8,15H,9-10H2. The van der Waals surface area contributed by atoms with Gasteiger partial charge in [-0.25, -0.2) is 13.8 Å². The molecule has 4 nitrogen and oxygen atoms in total. The second-order valence-corrected chi connectivity index (χ2v) is 6.63. The van der Waals surface area contributed by atoms with Gasteiger partial charge in [0.1, 0.15) is 11.6 Å². The number of benzene rings is 2. The highest BCUT2D eigenvalue weighted by molar-refractivity contribution is 8.14. The molecule has 2 aliphatic heterocycles. The summed E-state index contributed by atoms with van der Waals surface area (Å²) in [6.07, 6.45) is 0.329. The third-order valence-electron chi connectivity index (χ3n) is 4.09. The van der Waals surface area contributed by atoms with Crippen LogP contribution >= 0.6 is 11.8 Å². The van der Waals surface area contributed by atoms with Crippen LogP contribution in [0.2, 0.25) is 0 Å². The number of halogens is 2. The molecule has 1 unspecified atom stereocenters. The fourth-order valence-corrected chi connectivity index (χ4v) is 3.74. The van der Waals surface area contributed by atoms with Crippen LogP contribution in [0.3, 0.4) is 0 Å². The first-order valence-corrected chi connectivity index (χ1v) is 8.72. The Morgan fingerprint density at radius 3 is 2.40 bits per heavy atom. The van der Waals surface area contributed by atoms with Crippen molar-refractivity contribution in [3.8, 4) is 0 Å². The van der Waals surface area contributed by atoms with Gasteiger partial charge in [0.15, 0.2) is 5.17 Å². The van der Waals surface area contributed by atoms with Gasteiger partial charge < -0.3 is 0 Å². The molecular formula is C18H13F2N3OS. The molecule has 0 spiro atoms. The van der Waals surface area contributed by atoms with E-state index < -0.39 is 17.7 Å². The van der Waals surface area contributed by atoms with E-state index in [-0.39, 0.29) is 17.2 Å². The lowest BCUT2D eigenvalue weighted by atomic mass is 9.98. The maximum atomic E-state index is 14.3. The van der Waals surface area contributed by atoms with Crippen LogP contribution in [0.25, 0.3) is 0 Å². The van der Waals surface area contributed by atoms with Gasteiger partial charge in [0.25, 0.3) is 5.91 Å². The highest BCUT2D eigenvalue weighted by atomic mass is 32.2. The number of thioether (sulfide) groups is 1. The second-order valence-electron chi connectivity index (χ2n) is 5.69. The molecule has 1 amide bonds. The van der Waals surface area contributed by atoms with Crippen molar-refractivity contribution in [3.05, 3.63) is 71.3 Å². The monoisotopic (exact) mass is 357 g/mol. The first-order chi connectivity index (χ1) is 12.1. The molecule has 2 heterocycles. The molecular weight excluding hydrogens is 344 g/mol. The van der Waals surface area contributed by atoms with Gasteiger partial charge in [0.2, 0.25) is 0 Å². The van der Waals surface area contributed by atoms with Crippen LogP contribution in [-0.4, -0.2) is 27.5 Å². The Kier molecular flexibility index (Phi) is 4.09. The number of carbonyl (C=O) groups excluding carboxylic acids is 1. The Morgan fingerprint density at radius 2 is 1.76 bits per heavy atom. The van der Waals surface area contributed by atoms with Crippen LogP contribution in [0.1, 0.15) is 23.6 Å². The van der Waals surface area contributed by atoms with Crippen molar-refractivity contribution in [2.75, 3.05) is 5.75 Å². The fraction of sp³-hybridized carbons (Fsp3) is 0.167. The molecule has 1 atom stereocenters. The number of nitrogens with zero attached hydrogens (tertiary/aromatic N) is 3. The van der Waals surface area contributed by atoms with E-state index in [0.717, 1.165) is 5.56 Å². The van der Waals surface area contributed by atoms with Gasteiger partial charge in [-0.05, 0) is 17.7 Å². The van der Waals surface area contributed by atoms with Crippen LogP contribution in [0.5, 0.6) is 0 Å². The summed E-state index contributed by atoms with van der Waals surface area (Å²) >= 11 is 1.23. The van der Waals surface area contributed by atoms with Crippen LogP contribution in [-0.2, 0) is 4.79 Å². The first kappa shape index (κ1) is 16.0. The summed E-state index contributed by atoms with van der Waals surface area (Å²) in [4.78, 5) is 15.5. The molecule has 0 N–H and O–H groups in total. The number of aliphatic imine (C=N–C) groups is 1. The number of amides is 1. The van der Waals surface area contributed by atoms with Crippen molar-refractivity contribution in [2.24, 2.45) is 10.1 Å². The molecule has 0 radical (unpaired) electrons. The molecule has 4 rings (SSSR count). The highest BCUT2D eigenvalue weighted by Crippen LogP contribution is 2.38. The summed E-state index contributed by atoms with van der Waals surface area (Å²) < 4.78 is 28.7. The topological polar surface area (TPSA) is 45.0 Å². The van der Waals surface area contributed by atoms with Gasteiger partial charge in [-0.2, -0.15) is 10.1 Å². The zero-order chi connectivity index (χ0) is 17.4. The van der Waals surface area contributed by atoms with Crippen molar-refractivity contribution >= 4 is 28.5 Å². The second kappa shape index (κ2) is 6.40. The van der Waals surface area contributed by atoms with E-state index >= 15 is 0 Å². The number of hydrogen-bond donors (Lipinski definition) is 0. The van der Waals surface area contributed by atoms with Crippen LogP contribution in [0.15, 0.2) is 58.6 Å². The number of carbonyl (C=O) groups is 1. The average Bonchev–Trinajstić information content (AvgIpc) is 3.22. The average molecular weight is 357 g/mol. The molecule has 2 aromatic carbocycles. The molecule has 126 valence electrons. The number of rotatable bonds is 2. The lowest BCUT2D eigenvalue weighted by Crippen LogP contribution is -2.25. The molecule has 0 bridgehead atoms. The number of hydrazone groups is 1. The molecule has 0 aromatic heterocycles. The smallest absolute Gasteiger partial charge is 0.258 e. The number of amidine groups is 1. The first-order valence-electron chi connectivity index (χ1n) is 7.74. The number of hydrogen-bond acceptors (Lipinski definition) is 4. The Morgan fingerprint density at radius 1 is 1.04 bits per heavy atom. The quantitative estimate of drug-likeness (QED) is 0.822. The third kappa shape index (κ3) is 2.95. The van der Waals surface area contributed by atoms with Crippen LogP contribution < -0.4 is 0 Å². The molecule has 0 saturated heterocycles. The molecule has 0 saturated carbocycles. The summed E-state index contributed by atoms with van der Waals surface area (Å²) in [5.74, 6) is -1.31. The summed E-state index contributed by atoms with van der Waals surface area (Å²) in [5.41, 5.74) is 1.53. The molecule has 2 aromatic rings. The third-order valence-corrected chi connectivity index (χ3v) is 5.02. The zero-order valence-electron chi connectivity index (χ0n) is 13.0. The van der Waals surface area contributed by atoms with Gasteiger partial charge in [-0.1, -0.05) is 48.2 Å². The van der Waals surface area contributed by atoms with Crippen molar-refractivity contribution in [1.82, 2.24) is 5.01 Å². The van der Waals surface area contributed by atoms with E-state index in [2.05, 4.69) is 10.1 Å². The Balaban J connectivity index is 1.78. The van der Waals surface area contributed by atoms with Crippen LogP contribution in [0, 0.1) is 11.6 Å². The minimum Gasteiger partial charge on any atom is -0.272 e. The van der Waals surface area contributed by atoms with E-state index in [0.29, 0.717) is 17.3 Å². The van der Waals surface area contributed by atoms with Crippen molar-refractivity contribution in [3.63, 3.8) is 0 Å². The highest BCUT2D eigenvalue weighted by Gasteiger charge is 2.37. The van der Waals surface area contributed by atoms with E-state index in [1.54, 1.807) is 0 Å². The van der Waals surface area contributed by atoms with Gasteiger partial charge >= 0.3 is 0 Å². The zero-order valence-corrected chi connectivity index (χ0v) is 13.8. The predicted octanol–water partition coefficient (Wildman–Crippen LogP) is 3.75. The summed E-state index contributed by atoms with van der Waals surface area (Å²) in [6.45, 7) is 0. The van der Waals surface area contributed by atoms with Crippen molar-refractivity contribution in [1.29, 1.82) is 0 Å². The normalized spacial score (nSPS) is 20.0. The predicted molar refractivity (Wildman–Crippen MR) is 93.4 cm³/mol. The molecule has 0 aliphatic carbocycles.